The first-order valence-corrected chi connectivity index (χ1v) is 6.79. The van der Waals surface area contributed by atoms with E-state index in [-0.39, 0.29) is 5.91 Å². The van der Waals surface area contributed by atoms with E-state index in [1.54, 1.807) is 6.07 Å². The van der Waals surface area contributed by atoms with Crippen molar-refractivity contribution in [3.8, 4) is 6.07 Å². The SMILES string of the molecule is Cc1ccccc1NC(=O)CCNc1ccccc1C#N. The normalized spacial score (nSPS) is 9.71. The van der Waals surface area contributed by atoms with Gasteiger partial charge < -0.3 is 10.6 Å². The second-order valence-electron chi connectivity index (χ2n) is 4.70. The van der Waals surface area contributed by atoms with Gasteiger partial charge in [0.05, 0.1) is 11.3 Å². The highest BCUT2D eigenvalue weighted by Gasteiger charge is 2.05. The van der Waals surface area contributed by atoms with Crippen LogP contribution in [0, 0.1) is 18.3 Å². The summed E-state index contributed by atoms with van der Waals surface area (Å²) in [5, 5.41) is 15.0. The van der Waals surface area contributed by atoms with Crippen LogP contribution in [0.25, 0.3) is 0 Å². The zero-order valence-electron chi connectivity index (χ0n) is 11.9. The van der Waals surface area contributed by atoms with Crippen LogP contribution in [-0.2, 0) is 4.79 Å². The summed E-state index contributed by atoms with van der Waals surface area (Å²) in [6, 6.07) is 17.0. The largest absolute Gasteiger partial charge is 0.383 e. The molecule has 0 heterocycles. The maximum atomic E-state index is 11.9. The first kappa shape index (κ1) is 14.6. The van der Waals surface area contributed by atoms with Gasteiger partial charge in [-0.3, -0.25) is 4.79 Å². The molecule has 0 spiro atoms. The number of para-hydroxylation sites is 2. The van der Waals surface area contributed by atoms with Gasteiger partial charge >= 0.3 is 0 Å². The lowest BCUT2D eigenvalue weighted by Gasteiger charge is -2.10. The fourth-order valence-electron chi connectivity index (χ4n) is 1.97. The van der Waals surface area contributed by atoms with E-state index in [2.05, 4.69) is 16.7 Å². The van der Waals surface area contributed by atoms with Crippen LogP contribution in [0.3, 0.4) is 0 Å². The van der Waals surface area contributed by atoms with Crippen LogP contribution >= 0.6 is 0 Å². The fraction of sp³-hybridized carbons (Fsp3) is 0.176. The Bertz CT molecular complexity index is 674. The summed E-state index contributed by atoms with van der Waals surface area (Å²) in [5.74, 6) is -0.0498. The van der Waals surface area contributed by atoms with Crippen LogP contribution in [0.4, 0.5) is 11.4 Å². The molecule has 0 aliphatic carbocycles. The molecule has 2 rings (SSSR count). The molecule has 0 saturated heterocycles. The van der Waals surface area contributed by atoms with Gasteiger partial charge in [0.25, 0.3) is 0 Å². The molecule has 1 amide bonds. The van der Waals surface area contributed by atoms with Gasteiger partial charge in [0.15, 0.2) is 0 Å². The standard InChI is InChI=1S/C17H17N3O/c1-13-6-2-4-8-15(13)20-17(21)10-11-19-16-9-5-3-7-14(16)12-18/h2-9,19H,10-11H2,1H3,(H,20,21). The van der Waals surface area contributed by atoms with Gasteiger partial charge in [-0.05, 0) is 30.7 Å². The number of amides is 1. The van der Waals surface area contributed by atoms with E-state index in [9.17, 15) is 4.79 Å². The van der Waals surface area contributed by atoms with Gasteiger partial charge in [-0.25, -0.2) is 0 Å². The van der Waals surface area contributed by atoms with Crippen molar-refractivity contribution < 1.29 is 4.79 Å². The molecule has 2 aromatic rings. The van der Waals surface area contributed by atoms with Crippen molar-refractivity contribution in [1.82, 2.24) is 0 Å². The number of rotatable bonds is 5. The molecule has 2 N–H and O–H groups in total. The molecule has 0 radical (unpaired) electrons. The summed E-state index contributed by atoms with van der Waals surface area (Å²) in [6.45, 7) is 2.44. The molecule has 4 nitrogen and oxygen atoms in total. The lowest BCUT2D eigenvalue weighted by atomic mass is 10.2. The summed E-state index contributed by atoms with van der Waals surface area (Å²) in [5.41, 5.74) is 3.20. The summed E-state index contributed by atoms with van der Waals surface area (Å²) in [7, 11) is 0. The third-order valence-corrected chi connectivity index (χ3v) is 3.13. The minimum atomic E-state index is -0.0498. The Morgan fingerprint density at radius 2 is 1.76 bits per heavy atom. The maximum absolute atomic E-state index is 11.9. The van der Waals surface area contributed by atoms with E-state index in [4.69, 9.17) is 5.26 Å². The molecular formula is C17H17N3O. The van der Waals surface area contributed by atoms with Crippen molar-refractivity contribution in [3.63, 3.8) is 0 Å². The maximum Gasteiger partial charge on any atom is 0.226 e. The van der Waals surface area contributed by atoms with E-state index >= 15 is 0 Å². The number of carbonyl (C=O) groups is 1. The third-order valence-electron chi connectivity index (χ3n) is 3.13. The van der Waals surface area contributed by atoms with Crippen LogP contribution in [0.15, 0.2) is 48.5 Å². The smallest absolute Gasteiger partial charge is 0.226 e. The van der Waals surface area contributed by atoms with Crippen molar-refractivity contribution in [2.45, 2.75) is 13.3 Å². The summed E-state index contributed by atoms with van der Waals surface area (Å²) in [6.07, 6.45) is 0.341. The van der Waals surface area contributed by atoms with Crippen LogP contribution in [0.1, 0.15) is 17.5 Å². The highest BCUT2D eigenvalue weighted by atomic mass is 16.1. The van der Waals surface area contributed by atoms with Crippen LogP contribution in [0.5, 0.6) is 0 Å². The predicted octanol–water partition coefficient (Wildman–Crippen LogP) is 3.31. The van der Waals surface area contributed by atoms with Crippen LogP contribution in [-0.4, -0.2) is 12.5 Å². The highest BCUT2D eigenvalue weighted by Crippen LogP contribution is 2.15. The van der Waals surface area contributed by atoms with E-state index in [0.717, 1.165) is 16.9 Å². The Kier molecular flexibility index (Phi) is 4.94. The van der Waals surface area contributed by atoms with Crippen molar-refractivity contribution in [2.24, 2.45) is 0 Å². The predicted molar refractivity (Wildman–Crippen MR) is 84.1 cm³/mol. The third kappa shape index (κ3) is 4.08. The van der Waals surface area contributed by atoms with Gasteiger partial charge in [-0.2, -0.15) is 5.26 Å². The van der Waals surface area contributed by atoms with E-state index < -0.39 is 0 Å². The molecule has 0 unspecified atom stereocenters. The zero-order valence-corrected chi connectivity index (χ0v) is 11.9. The van der Waals surface area contributed by atoms with E-state index in [0.29, 0.717) is 18.5 Å². The van der Waals surface area contributed by atoms with Crippen molar-refractivity contribution >= 4 is 17.3 Å². The summed E-state index contributed by atoms with van der Waals surface area (Å²) in [4.78, 5) is 11.9. The second kappa shape index (κ2) is 7.11. The van der Waals surface area contributed by atoms with Gasteiger partial charge in [-0.1, -0.05) is 30.3 Å². The monoisotopic (exact) mass is 279 g/mol. The molecule has 2 aromatic carbocycles. The van der Waals surface area contributed by atoms with E-state index in [1.165, 1.54) is 0 Å². The van der Waals surface area contributed by atoms with Gasteiger partial charge in [0.1, 0.15) is 6.07 Å². The first-order valence-electron chi connectivity index (χ1n) is 6.79. The molecule has 0 aliphatic heterocycles. The molecule has 0 saturated carbocycles. The highest BCUT2D eigenvalue weighted by molar-refractivity contribution is 5.91. The number of nitrogens with zero attached hydrogens (tertiary/aromatic N) is 1. The topological polar surface area (TPSA) is 64.9 Å². The number of aryl methyl sites for hydroxylation is 1. The number of carbonyl (C=O) groups excluding carboxylic acids is 1. The van der Waals surface area contributed by atoms with Crippen molar-refractivity contribution in [1.29, 1.82) is 5.26 Å². The zero-order chi connectivity index (χ0) is 15.1. The minimum absolute atomic E-state index is 0.0498. The molecule has 0 aliphatic rings. The number of benzene rings is 2. The Morgan fingerprint density at radius 3 is 2.48 bits per heavy atom. The second-order valence-corrected chi connectivity index (χ2v) is 4.70. The number of hydrogen-bond acceptors (Lipinski definition) is 3. The van der Waals surface area contributed by atoms with Crippen molar-refractivity contribution in [3.05, 3.63) is 59.7 Å². The van der Waals surface area contributed by atoms with Crippen LogP contribution in [0.2, 0.25) is 0 Å². The first-order chi connectivity index (χ1) is 10.2. The van der Waals surface area contributed by atoms with E-state index in [1.807, 2.05) is 49.4 Å². The lowest BCUT2D eigenvalue weighted by molar-refractivity contribution is -0.115. The van der Waals surface area contributed by atoms with Crippen molar-refractivity contribution in [2.75, 3.05) is 17.2 Å². The Hall–Kier alpha value is -2.80. The number of hydrogen-bond donors (Lipinski definition) is 2. The molecule has 21 heavy (non-hydrogen) atoms. The molecule has 0 aromatic heterocycles. The Labute approximate surface area is 124 Å². The minimum Gasteiger partial charge on any atom is -0.383 e. The lowest BCUT2D eigenvalue weighted by Crippen LogP contribution is -2.17. The average molecular weight is 279 g/mol. The molecule has 0 fully saturated rings. The van der Waals surface area contributed by atoms with Gasteiger partial charge in [0, 0.05) is 18.7 Å². The molecule has 4 heteroatoms. The quantitative estimate of drug-likeness (QED) is 0.882. The molecular weight excluding hydrogens is 262 g/mol. The van der Waals surface area contributed by atoms with Gasteiger partial charge in [-0.15, -0.1) is 0 Å². The molecule has 106 valence electrons. The number of nitriles is 1. The summed E-state index contributed by atoms with van der Waals surface area (Å²) >= 11 is 0. The fourth-order valence-corrected chi connectivity index (χ4v) is 1.97. The number of nitrogens with one attached hydrogen (secondary N) is 2. The van der Waals surface area contributed by atoms with Crippen LogP contribution < -0.4 is 10.6 Å². The van der Waals surface area contributed by atoms with Gasteiger partial charge in [0.2, 0.25) is 5.91 Å². The Morgan fingerprint density at radius 1 is 1.10 bits per heavy atom. The summed E-state index contributed by atoms with van der Waals surface area (Å²) < 4.78 is 0. The Balaban J connectivity index is 1.85. The average Bonchev–Trinajstić information content (AvgIpc) is 2.50. The number of anilines is 2. The molecule has 0 atom stereocenters. The molecule has 0 bridgehead atoms.